The van der Waals surface area contributed by atoms with Gasteiger partial charge in [0.25, 0.3) is 5.91 Å². The van der Waals surface area contributed by atoms with Crippen LogP contribution in [-0.2, 0) is 9.59 Å². The molecule has 2 amide bonds. The van der Waals surface area contributed by atoms with Crippen LogP contribution in [0.1, 0.15) is 23.3 Å². The highest BCUT2D eigenvalue weighted by Gasteiger charge is 2.21. The maximum atomic E-state index is 11.7. The van der Waals surface area contributed by atoms with E-state index in [1.165, 1.54) is 6.07 Å². The molecule has 1 atom stereocenters. The molecule has 0 saturated heterocycles. The lowest BCUT2D eigenvalue weighted by atomic mass is 10.1. The number of carbonyl (C=O) groups excluding carboxylic acids is 2. The van der Waals surface area contributed by atoms with Crippen molar-refractivity contribution in [1.82, 2.24) is 10.3 Å². The standard InChI is InChI=1S/C10H12BrN3O4/c11-5-3-7(13-4-5)9(16)14-6(10(17)18)1-2-8(12)15/h3-4,6,13H,1-2H2,(H2,12,15)(H,14,16)(H,17,18)/t6-/m0/s1. The summed E-state index contributed by atoms with van der Waals surface area (Å²) in [7, 11) is 0. The molecule has 0 unspecified atom stereocenters. The molecule has 18 heavy (non-hydrogen) atoms. The molecule has 0 aromatic carbocycles. The molecule has 0 radical (unpaired) electrons. The number of primary amides is 1. The Bertz CT molecular complexity index is 471. The minimum absolute atomic E-state index is 0.0434. The molecule has 0 aliphatic carbocycles. The zero-order valence-corrected chi connectivity index (χ0v) is 10.9. The highest BCUT2D eigenvalue weighted by molar-refractivity contribution is 9.10. The van der Waals surface area contributed by atoms with Crippen LogP contribution < -0.4 is 11.1 Å². The molecule has 0 saturated carbocycles. The number of hydrogen-bond donors (Lipinski definition) is 4. The third-order valence-electron chi connectivity index (χ3n) is 2.18. The first-order valence-electron chi connectivity index (χ1n) is 5.06. The zero-order chi connectivity index (χ0) is 13.7. The topological polar surface area (TPSA) is 125 Å². The predicted molar refractivity (Wildman–Crippen MR) is 65.8 cm³/mol. The van der Waals surface area contributed by atoms with E-state index in [0.29, 0.717) is 4.47 Å². The summed E-state index contributed by atoms with van der Waals surface area (Å²) in [6, 6.07) is 0.370. The molecule has 1 aromatic heterocycles. The third-order valence-corrected chi connectivity index (χ3v) is 2.63. The summed E-state index contributed by atoms with van der Waals surface area (Å²) in [4.78, 5) is 35.8. The van der Waals surface area contributed by atoms with Crippen molar-refractivity contribution in [3.8, 4) is 0 Å². The van der Waals surface area contributed by atoms with Crippen molar-refractivity contribution in [2.24, 2.45) is 5.73 Å². The van der Waals surface area contributed by atoms with Crippen molar-refractivity contribution >= 4 is 33.7 Å². The maximum Gasteiger partial charge on any atom is 0.326 e. The summed E-state index contributed by atoms with van der Waals surface area (Å²) in [6.07, 6.45) is 1.40. The molecule has 1 heterocycles. The SMILES string of the molecule is NC(=O)CC[C@H](NC(=O)c1cc(Br)c[nH]1)C(=O)O. The van der Waals surface area contributed by atoms with E-state index in [0.717, 1.165) is 0 Å². The number of rotatable bonds is 6. The van der Waals surface area contributed by atoms with E-state index in [1.807, 2.05) is 0 Å². The molecule has 0 aliphatic rings. The number of H-pyrrole nitrogens is 1. The lowest BCUT2D eigenvalue weighted by Gasteiger charge is -2.12. The number of carboxylic acids is 1. The fraction of sp³-hybridized carbons (Fsp3) is 0.300. The highest BCUT2D eigenvalue weighted by atomic mass is 79.9. The fourth-order valence-corrected chi connectivity index (χ4v) is 1.62. The number of carbonyl (C=O) groups is 3. The number of aliphatic carboxylic acids is 1. The van der Waals surface area contributed by atoms with Crippen molar-refractivity contribution in [1.29, 1.82) is 0 Å². The third kappa shape index (κ3) is 4.21. The van der Waals surface area contributed by atoms with Crippen LogP contribution >= 0.6 is 15.9 Å². The van der Waals surface area contributed by atoms with Crippen LogP contribution in [0.4, 0.5) is 0 Å². The van der Waals surface area contributed by atoms with Crippen LogP contribution in [0, 0.1) is 0 Å². The van der Waals surface area contributed by atoms with Crippen molar-refractivity contribution in [3.05, 3.63) is 22.4 Å². The monoisotopic (exact) mass is 317 g/mol. The molecule has 8 heteroatoms. The summed E-state index contributed by atoms with van der Waals surface area (Å²) in [5.41, 5.74) is 5.16. The summed E-state index contributed by atoms with van der Waals surface area (Å²) < 4.78 is 0.677. The summed E-state index contributed by atoms with van der Waals surface area (Å²) in [6.45, 7) is 0. The van der Waals surface area contributed by atoms with Gasteiger partial charge in [-0.3, -0.25) is 9.59 Å². The zero-order valence-electron chi connectivity index (χ0n) is 9.27. The minimum atomic E-state index is -1.21. The molecule has 98 valence electrons. The number of hydrogen-bond acceptors (Lipinski definition) is 3. The molecule has 0 bridgehead atoms. The number of amides is 2. The first-order chi connectivity index (χ1) is 8.40. The average molecular weight is 318 g/mol. The summed E-state index contributed by atoms with van der Waals surface area (Å²) >= 11 is 3.16. The van der Waals surface area contributed by atoms with Gasteiger partial charge in [-0.1, -0.05) is 0 Å². The van der Waals surface area contributed by atoms with Gasteiger partial charge in [0.1, 0.15) is 11.7 Å². The van der Waals surface area contributed by atoms with Gasteiger partial charge < -0.3 is 21.1 Å². The van der Waals surface area contributed by atoms with E-state index in [1.54, 1.807) is 6.20 Å². The van der Waals surface area contributed by atoms with Gasteiger partial charge in [0.05, 0.1) is 0 Å². The Kier molecular flexibility index (Phi) is 4.90. The van der Waals surface area contributed by atoms with Crippen LogP contribution in [0.5, 0.6) is 0 Å². The fourth-order valence-electron chi connectivity index (χ4n) is 1.28. The van der Waals surface area contributed by atoms with Gasteiger partial charge in [0.2, 0.25) is 5.91 Å². The Morgan fingerprint density at radius 1 is 1.50 bits per heavy atom. The average Bonchev–Trinajstić information content (AvgIpc) is 2.70. The van der Waals surface area contributed by atoms with Crippen LogP contribution in [0.15, 0.2) is 16.7 Å². The number of carboxylic acid groups (broad SMARTS) is 1. The first-order valence-corrected chi connectivity index (χ1v) is 5.85. The molecule has 0 spiro atoms. The molecule has 1 aromatic rings. The van der Waals surface area contributed by atoms with Gasteiger partial charge in [-0.15, -0.1) is 0 Å². The van der Waals surface area contributed by atoms with Crippen molar-refractivity contribution < 1.29 is 19.5 Å². The number of nitrogens with two attached hydrogens (primary N) is 1. The Hall–Kier alpha value is -1.83. The smallest absolute Gasteiger partial charge is 0.326 e. The Balaban J connectivity index is 2.63. The normalized spacial score (nSPS) is 11.8. The molecule has 1 rings (SSSR count). The van der Waals surface area contributed by atoms with E-state index in [-0.39, 0.29) is 18.5 Å². The second kappa shape index (κ2) is 6.20. The van der Waals surface area contributed by atoms with Gasteiger partial charge in [0, 0.05) is 17.1 Å². The van der Waals surface area contributed by atoms with Gasteiger partial charge in [0.15, 0.2) is 0 Å². The Morgan fingerprint density at radius 2 is 2.17 bits per heavy atom. The number of aromatic amines is 1. The lowest BCUT2D eigenvalue weighted by Crippen LogP contribution is -2.41. The van der Waals surface area contributed by atoms with Gasteiger partial charge in [-0.2, -0.15) is 0 Å². The molecule has 7 nitrogen and oxygen atoms in total. The maximum absolute atomic E-state index is 11.7. The molecule has 0 aliphatic heterocycles. The molecule has 0 fully saturated rings. The quantitative estimate of drug-likeness (QED) is 0.599. The van der Waals surface area contributed by atoms with E-state index in [9.17, 15) is 14.4 Å². The largest absolute Gasteiger partial charge is 0.480 e. The van der Waals surface area contributed by atoms with Gasteiger partial charge >= 0.3 is 5.97 Å². The van der Waals surface area contributed by atoms with Crippen molar-refractivity contribution in [2.45, 2.75) is 18.9 Å². The number of halogens is 1. The Morgan fingerprint density at radius 3 is 2.61 bits per heavy atom. The first kappa shape index (κ1) is 14.2. The van der Waals surface area contributed by atoms with E-state index >= 15 is 0 Å². The van der Waals surface area contributed by atoms with E-state index in [2.05, 4.69) is 26.2 Å². The lowest BCUT2D eigenvalue weighted by molar-refractivity contribution is -0.139. The molecule has 5 N–H and O–H groups in total. The molecular formula is C10H12BrN3O4. The van der Waals surface area contributed by atoms with E-state index in [4.69, 9.17) is 10.8 Å². The van der Waals surface area contributed by atoms with Crippen LogP contribution in [-0.4, -0.2) is 33.9 Å². The highest BCUT2D eigenvalue weighted by Crippen LogP contribution is 2.10. The second-order valence-electron chi connectivity index (χ2n) is 3.60. The summed E-state index contributed by atoms with van der Waals surface area (Å²) in [5.74, 6) is -2.38. The van der Waals surface area contributed by atoms with Crippen LogP contribution in [0.3, 0.4) is 0 Å². The van der Waals surface area contributed by atoms with Gasteiger partial charge in [-0.25, -0.2) is 4.79 Å². The number of aromatic nitrogens is 1. The van der Waals surface area contributed by atoms with Crippen LogP contribution in [0.2, 0.25) is 0 Å². The van der Waals surface area contributed by atoms with Gasteiger partial charge in [-0.05, 0) is 28.4 Å². The minimum Gasteiger partial charge on any atom is -0.480 e. The van der Waals surface area contributed by atoms with E-state index < -0.39 is 23.8 Å². The van der Waals surface area contributed by atoms with Crippen LogP contribution in [0.25, 0.3) is 0 Å². The predicted octanol–water partition coefficient (Wildman–Crippen LogP) is 0.226. The number of nitrogens with one attached hydrogen (secondary N) is 2. The Labute approximate surface area is 111 Å². The second-order valence-corrected chi connectivity index (χ2v) is 4.52. The molecular weight excluding hydrogens is 306 g/mol. The van der Waals surface area contributed by atoms with Crippen molar-refractivity contribution in [2.75, 3.05) is 0 Å². The summed E-state index contributed by atoms with van der Waals surface area (Å²) in [5, 5.41) is 11.2. The van der Waals surface area contributed by atoms with Crippen molar-refractivity contribution in [3.63, 3.8) is 0 Å².